The average molecular weight is 395 g/mol. The van der Waals surface area contributed by atoms with Crippen molar-refractivity contribution in [2.24, 2.45) is 0 Å². The molecule has 1 N–H and O–H groups in total. The summed E-state index contributed by atoms with van der Waals surface area (Å²) in [7, 11) is 0. The van der Waals surface area contributed by atoms with Gasteiger partial charge < -0.3 is 15.0 Å². The number of anilines is 2. The van der Waals surface area contributed by atoms with E-state index in [-0.39, 0.29) is 6.10 Å². The van der Waals surface area contributed by atoms with E-state index in [2.05, 4.69) is 25.5 Å². The van der Waals surface area contributed by atoms with Crippen LogP contribution in [-0.2, 0) is 11.3 Å². The van der Waals surface area contributed by atoms with Gasteiger partial charge in [-0.1, -0.05) is 18.9 Å². The van der Waals surface area contributed by atoms with Crippen molar-refractivity contribution in [2.75, 3.05) is 23.4 Å². The summed E-state index contributed by atoms with van der Waals surface area (Å²) in [5.41, 5.74) is 1.80. The Bertz CT molecular complexity index is 936. The van der Waals surface area contributed by atoms with E-state index in [9.17, 15) is 0 Å². The van der Waals surface area contributed by atoms with Crippen LogP contribution in [0.2, 0.25) is 0 Å². The largest absolute Gasteiger partial charge is 0.376 e. The highest BCUT2D eigenvalue weighted by atomic mass is 16.6. The number of nitrogens with zero attached hydrogens (tertiary/aromatic N) is 6. The minimum absolute atomic E-state index is 0.172. The number of nitrogens with one attached hydrogen (secondary N) is 1. The zero-order chi connectivity index (χ0) is 19.5. The number of pyridine rings is 1. The van der Waals surface area contributed by atoms with Crippen molar-refractivity contribution >= 4 is 22.9 Å². The van der Waals surface area contributed by atoms with Crippen LogP contribution < -0.4 is 10.2 Å². The summed E-state index contributed by atoms with van der Waals surface area (Å²) in [6, 6.07) is 6.35. The molecule has 3 aromatic heterocycles. The molecule has 9 heteroatoms. The maximum absolute atomic E-state index is 5.91. The van der Waals surface area contributed by atoms with Gasteiger partial charge in [0.2, 0.25) is 11.3 Å². The van der Waals surface area contributed by atoms with E-state index in [0.29, 0.717) is 23.9 Å². The summed E-state index contributed by atoms with van der Waals surface area (Å²) >= 11 is 0. The molecule has 0 radical (unpaired) electrons. The van der Waals surface area contributed by atoms with Crippen LogP contribution in [0.3, 0.4) is 0 Å². The molecule has 3 aromatic rings. The Morgan fingerprint density at radius 2 is 1.90 bits per heavy atom. The van der Waals surface area contributed by atoms with E-state index in [0.717, 1.165) is 56.2 Å². The Hall–Kier alpha value is -2.81. The third-order valence-corrected chi connectivity index (χ3v) is 5.62. The maximum Gasteiger partial charge on any atom is 0.245 e. The fraction of sp³-hybridized carbons (Fsp3) is 0.550. The van der Waals surface area contributed by atoms with Gasteiger partial charge in [0.05, 0.1) is 18.3 Å². The number of aromatic nitrogens is 5. The van der Waals surface area contributed by atoms with Gasteiger partial charge in [-0.25, -0.2) is 14.6 Å². The van der Waals surface area contributed by atoms with Gasteiger partial charge in [0.25, 0.3) is 0 Å². The van der Waals surface area contributed by atoms with Gasteiger partial charge in [0.1, 0.15) is 0 Å². The van der Waals surface area contributed by atoms with Crippen molar-refractivity contribution in [3.8, 4) is 0 Å². The Labute approximate surface area is 168 Å². The smallest absolute Gasteiger partial charge is 0.245 e. The van der Waals surface area contributed by atoms with Crippen LogP contribution in [0.15, 0.2) is 29.0 Å². The first-order valence-electron chi connectivity index (χ1n) is 10.4. The number of fused-ring (bicyclic) bond motifs is 1. The second-order valence-corrected chi connectivity index (χ2v) is 7.77. The van der Waals surface area contributed by atoms with E-state index in [1.807, 2.05) is 24.4 Å². The number of rotatable bonds is 7. The lowest BCUT2D eigenvalue weighted by molar-refractivity contribution is 0.115. The molecule has 9 nitrogen and oxygen atoms in total. The average Bonchev–Trinajstić information content (AvgIpc) is 3.51. The number of ether oxygens (including phenoxy) is 1. The lowest BCUT2D eigenvalue weighted by Gasteiger charge is -2.28. The van der Waals surface area contributed by atoms with Gasteiger partial charge in [-0.2, -0.15) is 0 Å². The summed E-state index contributed by atoms with van der Waals surface area (Å²) < 4.78 is 10.8. The molecule has 2 aliphatic rings. The molecule has 0 bridgehead atoms. The Balaban J connectivity index is 1.51. The van der Waals surface area contributed by atoms with Gasteiger partial charge >= 0.3 is 0 Å². The molecule has 152 valence electrons. The van der Waals surface area contributed by atoms with Crippen molar-refractivity contribution < 1.29 is 9.37 Å². The van der Waals surface area contributed by atoms with Crippen molar-refractivity contribution in [3.05, 3.63) is 30.1 Å². The molecule has 4 heterocycles. The predicted molar refractivity (Wildman–Crippen MR) is 108 cm³/mol. The number of hydrogen-bond acceptors (Lipinski definition) is 9. The topological polar surface area (TPSA) is 102 Å². The minimum atomic E-state index is 0.172. The first-order valence-corrected chi connectivity index (χ1v) is 10.4. The normalized spacial score (nSPS) is 19.8. The minimum Gasteiger partial charge on any atom is -0.376 e. The van der Waals surface area contributed by atoms with Crippen LogP contribution in [0.5, 0.6) is 0 Å². The molecule has 0 aromatic carbocycles. The molecule has 1 atom stereocenters. The molecule has 0 unspecified atom stereocenters. The van der Waals surface area contributed by atoms with Crippen molar-refractivity contribution in [1.29, 1.82) is 0 Å². The summed E-state index contributed by atoms with van der Waals surface area (Å²) in [4.78, 5) is 16.2. The molecule has 0 amide bonds. The molecule has 29 heavy (non-hydrogen) atoms. The van der Waals surface area contributed by atoms with Crippen LogP contribution in [0.25, 0.3) is 11.3 Å². The second kappa shape index (κ2) is 8.28. The predicted octanol–water partition coefficient (Wildman–Crippen LogP) is 2.95. The zero-order valence-corrected chi connectivity index (χ0v) is 16.3. The fourth-order valence-corrected chi connectivity index (χ4v) is 4.16. The van der Waals surface area contributed by atoms with Crippen LogP contribution in [-0.4, -0.2) is 50.6 Å². The summed E-state index contributed by atoms with van der Waals surface area (Å²) in [5.74, 6) is 1.48. The summed E-state index contributed by atoms with van der Waals surface area (Å²) in [6.45, 7) is 2.15. The van der Waals surface area contributed by atoms with E-state index in [1.54, 1.807) is 0 Å². The Kier molecular flexibility index (Phi) is 5.21. The van der Waals surface area contributed by atoms with E-state index in [1.165, 1.54) is 12.8 Å². The van der Waals surface area contributed by atoms with Gasteiger partial charge in [0, 0.05) is 25.4 Å². The van der Waals surface area contributed by atoms with E-state index in [4.69, 9.17) is 19.3 Å². The highest BCUT2D eigenvalue weighted by Crippen LogP contribution is 2.30. The van der Waals surface area contributed by atoms with Gasteiger partial charge in [-0.15, -0.1) is 0 Å². The molecule has 1 saturated heterocycles. The first kappa shape index (κ1) is 18.2. The highest BCUT2D eigenvalue weighted by molar-refractivity contribution is 5.74. The summed E-state index contributed by atoms with van der Waals surface area (Å²) in [5, 5.41) is 11.4. The van der Waals surface area contributed by atoms with Gasteiger partial charge in [-0.05, 0) is 48.1 Å². The fourth-order valence-electron chi connectivity index (χ4n) is 4.16. The quantitative estimate of drug-likeness (QED) is 0.647. The van der Waals surface area contributed by atoms with Gasteiger partial charge in [-0.3, -0.25) is 4.98 Å². The zero-order valence-electron chi connectivity index (χ0n) is 16.3. The van der Waals surface area contributed by atoms with E-state index >= 15 is 0 Å². The van der Waals surface area contributed by atoms with Gasteiger partial charge in [0.15, 0.2) is 11.6 Å². The lowest BCUT2D eigenvalue weighted by Crippen LogP contribution is -2.34. The maximum atomic E-state index is 5.91. The molecular formula is C20H25N7O2. The van der Waals surface area contributed by atoms with Crippen LogP contribution in [0.4, 0.5) is 11.6 Å². The summed E-state index contributed by atoms with van der Waals surface area (Å²) in [6.07, 6.45) is 8.88. The van der Waals surface area contributed by atoms with Crippen molar-refractivity contribution in [1.82, 2.24) is 25.3 Å². The van der Waals surface area contributed by atoms with Crippen LogP contribution >= 0.6 is 0 Å². The van der Waals surface area contributed by atoms with Crippen molar-refractivity contribution in [2.45, 2.75) is 57.2 Å². The molecule has 0 spiro atoms. The van der Waals surface area contributed by atoms with E-state index < -0.39 is 0 Å². The monoisotopic (exact) mass is 395 g/mol. The first-order chi connectivity index (χ1) is 14.3. The third-order valence-electron chi connectivity index (χ3n) is 5.62. The molecule has 1 aliphatic heterocycles. The lowest BCUT2D eigenvalue weighted by atomic mass is 10.2. The highest BCUT2D eigenvalue weighted by Gasteiger charge is 2.26. The Morgan fingerprint density at radius 1 is 1.03 bits per heavy atom. The van der Waals surface area contributed by atoms with Crippen molar-refractivity contribution in [3.63, 3.8) is 0 Å². The number of hydrogen-bond donors (Lipinski definition) is 1. The molecule has 5 rings (SSSR count). The molecule has 1 saturated carbocycles. The second-order valence-electron chi connectivity index (χ2n) is 7.77. The van der Waals surface area contributed by atoms with Crippen LogP contribution in [0, 0.1) is 0 Å². The molecular weight excluding hydrogens is 370 g/mol. The third kappa shape index (κ3) is 4.14. The standard InChI is InChI=1S/C20H25N7O2/c1-2-7-14(6-1)22-19-20(24-18-17(23-19)25-29-26-18)27(13-16-9-5-11-28-16)12-15-8-3-4-10-21-15/h3-4,8,10,14,16H,1-2,5-7,9,11-13H2,(H,22,23,25)/t16-/m1/s1. The SMILES string of the molecule is c1ccc(CN(C[C@H]2CCCO2)c2nc3nonc3nc2NC2CCCC2)nc1. The Morgan fingerprint density at radius 3 is 2.66 bits per heavy atom. The molecule has 2 fully saturated rings. The van der Waals surface area contributed by atoms with Crippen LogP contribution in [0.1, 0.15) is 44.2 Å². The molecule has 1 aliphatic carbocycles.